The summed E-state index contributed by atoms with van der Waals surface area (Å²) in [5, 5.41) is 5.87. The highest BCUT2D eigenvalue weighted by Crippen LogP contribution is 2.38. The molecule has 3 rings (SSSR count). The molecule has 2 atom stereocenters. The van der Waals surface area contributed by atoms with Gasteiger partial charge in [0.2, 0.25) is 11.8 Å². The second-order valence-electron chi connectivity index (χ2n) is 7.19. The van der Waals surface area contributed by atoms with E-state index < -0.39 is 0 Å². The van der Waals surface area contributed by atoms with Gasteiger partial charge in [-0.1, -0.05) is 30.3 Å². The number of amides is 2. The van der Waals surface area contributed by atoms with Crippen LogP contribution in [0.25, 0.3) is 0 Å². The second kappa shape index (κ2) is 9.96. The van der Waals surface area contributed by atoms with Crippen LogP contribution in [0.1, 0.15) is 17.5 Å². The molecule has 2 unspecified atom stereocenters. The van der Waals surface area contributed by atoms with E-state index in [4.69, 9.17) is 9.47 Å². The van der Waals surface area contributed by atoms with E-state index in [1.165, 1.54) is 0 Å². The average molecular weight is 396 g/mol. The first-order valence-electron chi connectivity index (χ1n) is 9.92. The minimum absolute atomic E-state index is 0.0385. The van der Waals surface area contributed by atoms with Crippen LogP contribution in [0, 0.1) is 11.8 Å². The lowest BCUT2D eigenvalue weighted by molar-refractivity contribution is -0.127. The fraction of sp³-hybridized carbons (Fsp3) is 0.391. The van der Waals surface area contributed by atoms with E-state index in [2.05, 4.69) is 10.6 Å². The maximum absolute atomic E-state index is 12.3. The third kappa shape index (κ3) is 5.73. The van der Waals surface area contributed by atoms with Crippen molar-refractivity contribution < 1.29 is 19.1 Å². The third-order valence-electron chi connectivity index (χ3n) is 5.22. The van der Waals surface area contributed by atoms with Crippen LogP contribution in [-0.2, 0) is 22.4 Å². The Labute approximate surface area is 171 Å². The molecule has 1 aliphatic rings. The topological polar surface area (TPSA) is 76.7 Å². The fourth-order valence-corrected chi connectivity index (χ4v) is 3.39. The highest BCUT2D eigenvalue weighted by atomic mass is 16.5. The van der Waals surface area contributed by atoms with Gasteiger partial charge in [0, 0.05) is 13.1 Å². The lowest BCUT2D eigenvalue weighted by atomic mass is 10.1. The number of hydrogen-bond acceptors (Lipinski definition) is 4. The summed E-state index contributed by atoms with van der Waals surface area (Å²) in [7, 11) is 3.27. The van der Waals surface area contributed by atoms with Crippen molar-refractivity contribution in [3.05, 3.63) is 59.7 Å². The number of carbonyl (C=O) groups excluding carboxylic acids is 2. The Kier molecular flexibility index (Phi) is 7.11. The summed E-state index contributed by atoms with van der Waals surface area (Å²) in [5.41, 5.74) is 2.19. The van der Waals surface area contributed by atoms with Gasteiger partial charge < -0.3 is 20.1 Å². The lowest BCUT2D eigenvalue weighted by Crippen LogP contribution is -2.32. The summed E-state index contributed by atoms with van der Waals surface area (Å²) in [6, 6.07) is 15.6. The molecule has 6 nitrogen and oxygen atoms in total. The summed E-state index contributed by atoms with van der Waals surface area (Å²) >= 11 is 0. The molecule has 2 amide bonds. The van der Waals surface area contributed by atoms with Gasteiger partial charge in [0.15, 0.2) is 0 Å². The molecule has 2 aromatic rings. The first-order valence-corrected chi connectivity index (χ1v) is 9.92. The summed E-state index contributed by atoms with van der Waals surface area (Å²) in [6.45, 7) is 1.09. The predicted octanol–water partition coefficient (Wildman–Crippen LogP) is 2.36. The molecule has 29 heavy (non-hydrogen) atoms. The van der Waals surface area contributed by atoms with E-state index >= 15 is 0 Å². The molecule has 6 heteroatoms. The highest BCUT2D eigenvalue weighted by Gasteiger charge is 2.47. The van der Waals surface area contributed by atoms with E-state index in [1.807, 2.05) is 48.5 Å². The SMILES string of the molecule is COc1ccc(CCNC(=O)C2CC2C(=O)NCCc2ccccc2OC)cc1. The van der Waals surface area contributed by atoms with Gasteiger partial charge in [-0.25, -0.2) is 0 Å². The standard InChI is InChI=1S/C23H28N2O4/c1-28-18-9-7-16(8-10-18)11-13-24-22(26)19-15-20(19)23(27)25-14-12-17-5-3-4-6-21(17)29-2/h3-10,19-20H,11-15H2,1-2H3,(H,24,26)(H,25,27). The molecule has 0 aromatic heterocycles. The van der Waals surface area contributed by atoms with Crippen molar-refractivity contribution in [3.63, 3.8) is 0 Å². The van der Waals surface area contributed by atoms with Crippen LogP contribution in [0.2, 0.25) is 0 Å². The van der Waals surface area contributed by atoms with Crippen LogP contribution in [0.3, 0.4) is 0 Å². The van der Waals surface area contributed by atoms with Crippen molar-refractivity contribution in [1.82, 2.24) is 10.6 Å². The molecule has 0 saturated heterocycles. The Morgan fingerprint density at radius 1 is 0.862 bits per heavy atom. The molecular weight excluding hydrogens is 368 g/mol. The average Bonchev–Trinajstić information content (AvgIpc) is 3.55. The number of para-hydroxylation sites is 1. The zero-order valence-electron chi connectivity index (χ0n) is 16.9. The fourth-order valence-electron chi connectivity index (χ4n) is 3.39. The summed E-state index contributed by atoms with van der Waals surface area (Å²) in [6.07, 6.45) is 2.06. The van der Waals surface area contributed by atoms with Crippen LogP contribution in [0.5, 0.6) is 11.5 Å². The molecule has 2 aromatic carbocycles. The van der Waals surface area contributed by atoms with Crippen molar-refractivity contribution in [2.45, 2.75) is 19.3 Å². The molecule has 0 spiro atoms. The minimum Gasteiger partial charge on any atom is -0.497 e. The molecule has 154 valence electrons. The van der Waals surface area contributed by atoms with Gasteiger partial charge in [-0.3, -0.25) is 9.59 Å². The molecule has 1 aliphatic carbocycles. The Hall–Kier alpha value is -3.02. The number of methoxy groups -OCH3 is 2. The molecule has 1 saturated carbocycles. The first-order chi connectivity index (χ1) is 14.1. The number of nitrogens with one attached hydrogen (secondary N) is 2. The highest BCUT2D eigenvalue weighted by molar-refractivity contribution is 5.92. The van der Waals surface area contributed by atoms with Crippen molar-refractivity contribution in [2.75, 3.05) is 27.3 Å². The van der Waals surface area contributed by atoms with Gasteiger partial charge in [-0.15, -0.1) is 0 Å². The third-order valence-corrected chi connectivity index (χ3v) is 5.22. The van der Waals surface area contributed by atoms with Crippen LogP contribution in [0.15, 0.2) is 48.5 Å². The van der Waals surface area contributed by atoms with Gasteiger partial charge in [0.25, 0.3) is 0 Å². The first kappa shape index (κ1) is 20.7. The van der Waals surface area contributed by atoms with E-state index in [0.717, 1.165) is 29.0 Å². The number of hydrogen-bond donors (Lipinski definition) is 2. The van der Waals surface area contributed by atoms with Crippen LogP contribution in [-0.4, -0.2) is 39.1 Å². The van der Waals surface area contributed by atoms with E-state index in [1.54, 1.807) is 14.2 Å². The van der Waals surface area contributed by atoms with Gasteiger partial charge in [0.1, 0.15) is 11.5 Å². The Balaban J connectivity index is 1.34. The Morgan fingerprint density at radius 2 is 1.48 bits per heavy atom. The summed E-state index contributed by atoms with van der Waals surface area (Å²) < 4.78 is 10.5. The van der Waals surface area contributed by atoms with Gasteiger partial charge in [-0.2, -0.15) is 0 Å². The van der Waals surface area contributed by atoms with Crippen LogP contribution in [0.4, 0.5) is 0 Å². The largest absolute Gasteiger partial charge is 0.497 e. The van der Waals surface area contributed by atoms with Crippen molar-refractivity contribution in [2.24, 2.45) is 11.8 Å². The second-order valence-corrected chi connectivity index (χ2v) is 7.19. The maximum atomic E-state index is 12.3. The van der Waals surface area contributed by atoms with Gasteiger partial charge in [0.05, 0.1) is 26.1 Å². The quantitative estimate of drug-likeness (QED) is 0.646. The Morgan fingerprint density at radius 3 is 2.10 bits per heavy atom. The molecule has 0 aliphatic heterocycles. The van der Waals surface area contributed by atoms with E-state index in [9.17, 15) is 9.59 Å². The zero-order chi connectivity index (χ0) is 20.6. The predicted molar refractivity (Wildman–Crippen MR) is 111 cm³/mol. The molecule has 0 bridgehead atoms. The smallest absolute Gasteiger partial charge is 0.223 e. The number of benzene rings is 2. The van der Waals surface area contributed by atoms with Crippen LogP contribution >= 0.6 is 0 Å². The zero-order valence-corrected chi connectivity index (χ0v) is 16.9. The minimum atomic E-state index is -0.214. The molecule has 2 N–H and O–H groups in total. The van der Waals surface area contributed by atoms with Crippen molar-refractivity contribution >= 4 is 11.8 Å². The monoisotopic (exact) mass is 396 g/mol. The Bertz CT molecular complexity index is 835. The molecule has 0 heterocycles. The normalized spacial score (nSPS) is 17.3. The number of carbonyl (C=O) groups is 2. The van der Waals surface area contributed by atoms with E-state index in [0.29, 0.717) is 25.9 Å². The maximum Gasteiger partial charge on any atom is 0.223 e. The van der Waals surface area contributed by atoms with Gasteiger partial charge >= 0.3 is 0 Å². The number of rotatable bonds is 10. The van der Waals surface area contributed by atoms with Gasteiger partial charge in [-0.05, 0) is 48.6 Å². The van der Waals surface area contributed by atoms with Crippen LogP contribution < -0.4 is 20.1 Å². The molecule has 0 radical (unpaired) electrons. The molecule has 1 fully saturated rings. The van der Waals surface area contributed by atoms with E-state index in [-0.39, 0.29) is 23.7 Å². The number of ether oxygens (including phenoxy) is 2. The summed E-state index contributed by atoms with van der Waals surface area (Å²) in [5.74, 6) is 1.13. The summed E-state index contributed by atoms with van der Waals surface area (Å²) in [4.78, 5) is 24.5. The molecular formula is C23H28N2O4. The van der Waals surface area contributed by atoms with Crippen molar-refractivity contribution in [1.29, 1.82) is 0 Å². The van der Waals surface area contributed by atoms with Crippen molar-refractivity contribution in [3.8, 4) is 11.5 Å². The lowest BCUT2D eigenvalue weighted by Gasteiger charge is -2.09.